The largest absolute Gasteiger partial charge is 0.324 e. The van der Waals surface area contributed by atoms with E-state index in [1.54, 1.807) is 6.07 Å². The summed E-state index contributed by atoms with van der Waals surface area (Å²) in [6.45, 7) is 8.76. The van der Waals surface area contributed by atoms with Crippen molar-refractivity contribution in [3.63, 3.8) is 0 Å². The van der Waals surface area contributed by atoms with Crippen molar-refractivity contribution in [2.45, 2.75) is 46.6 Å². The van der Waals surface area contributed by atoms with Crippen LogP contribution < -0.4 is 5.73 Å². The summed E-state index contributed by atoms with van der Waals surface area (Å²) in [5.74, 6) is 0.142. The van der Waals surface area contributed by atoms with Gasteiger partial charge in [0.1, 0.15) is 5.82 Å². The van der Waals surface area contributed by atoms with Gasteiger partial charge < -0.3 is 5.73 Å². The Morgan fingerprint density at radius 1 is 1.37 bits per heavy atom. The highest BCUT2D eigenvalue weighted by molar-refractivity contribution is 9.10. The van der Waals surface area contributed by atoms with E-state index in [2.05, 4.69) is 43.6 Å². The van der Waals surface area contributed by atoms with Gasteiger partial charge in [-0.1, -0.05) is 39.3 Å². The molecule has 4 heteroatoms. The second kappa shape index (κ2) is 6.55. The van der Waals surface area contributed by atoms with Crippen molar-refractivity contribution in [1.29, 1.82) is 0 Å². The van der Waals surface area contributed by atoms with Crippen LogP contribution in [0.15, 0.2) is 16.6 Å². The van der Waals surface area contributed by atoms with E-state index in [-0.39, 0.29) is 17.3 Å². The van der Waals surface area contributed by atoms with E-state index in [1.165, 1.54) is 6.07 Å². The van der Waals surface area contributed by atoms with Gasteiger partial charge in [0.2, 0.25) is 0 Å². The number of halogens is 3. The molecule has 0 saturated heterocycles. The third-order valence-corrected chi connectivity index (χ3v) is 4.25. The molecule has 0 spiro atoms. The first-order valence-corrected chi connectivity index (χ1v) is 7.67. The van der Waals surface area contributed by atoms with E-state index in [4.69, 9.17) is 17.3 Å². The summed E-state index contributed by atoms with van der Waals surface area (Å²) in [5, 5.41) is 0.496. The molecule has 1 nitrogen and oxygen atoms in total. The molecule has 0 aliphatic rings. The fourth-order valence-corrected chi connectivity index (χ4v) is 3.00. The Morgan fingerprint density at radius 2 is 1.95 bits per heavy atom. The Labute approximate surface area is 128 Å². The minimum atomic E-state index is -0.317. The number of hydrogen-bond acceptors (Lipinski definition) is 1. The Hall–Kier alpha value is -0.120. The zero-order chi connectivity index (χ0) is 14.8. The molecule has 0 amide bonds. The molecule has 19 heavy (non-hydrogen) atoms. The van der Waals surface area contributed by atoms with Crippen molar-refractivity contribution >= 4 is 27.5 Å². The molecule has 1 aromatic rings. The van der Waals surface area contributed by atoms with E-state index in [0.717, 1.165) is 12.8 Å². The number of nitrogens with two attached hydrogens (primary N) is 1. The third-order valence-electron chi connectivity index (χ3n) is 3.06. The molecule has 1 rings (SSSR count). The molecule has 0 heterocycles. The fourth-order valence-electron chi connectivity index (χ4n) is 2.51. The predicted molar refractivity (Wildman–Crippen MR) is 83.9 cm³/mol. The van der Waals surface area contributed by atoms with E-state index in [9.17, 15) is 4.39 Å². The Kier molecular flexibility index (Phi) is 5.84. The normalized spacial score (nSPS) is 15.4. The second-order valence-electron chi connectivity index (χ2n) is 6.50. The first-order chi connectivity index (χ1) is 8.60. The molecule has 0 saturated carbocycles. The number of hydrogen-bond donors (Lipinski definition) is 1. The molecule has 0 aromatic heterocycles. The Morgan fingerprint density at radius 3 is 2.47 bits per heavy atom. The standard InChI is InChI=1S/C15H22BrClFN/c1-9(8-15(2,3)4)5-14(19)10-6-12(17)11(16)7-13(10)18/h6-7,9,14H,5,8,19H2,1-4H3. The number of rotatable bonds is 4. The van der Waals surface area contributed by atoms with Crippen LogP contribution in [0.4, 0.5) is 4.39 Å². The van der Waals surface area contributed by atoms with E-state index in [1.807, 2.05) is 0 Å². The zero-order valence-corrected chi connectivity index (χ0v) is 14.3. The molecular weight excluding hydrogens is 329 g/mol. The molecule has 2 N–H and O–H groups in total. The van der Waals surface area contributed by atoms with Crippen molar-refractivity contribution < 1.29 is 4.39 Å². The fraction of sp³-hybridized carbons (Fsp3) is 0.600. The van der Waals surface area contributed by atoms with Crippen LogP contribution in [0, 0.1) is 17.2 Å². The summed E-state index contributed by atoms with van der Waals surface area (Å²) in [7, 11) is 0. The van der Waals surface area contributed by atoms with E-state index in [0.29, 0.717) is 21.0 Å². The summed E-state index contributed by atoms with van der Waals surface area (Å²) in [5.41, 5.74) is 6.87. The molecular formula is C15H22BrClFN. The van der Waals surface area contributed by atoms with Crippen LogP contribution in [0.5, 0.6) is 0 Å². The topological polar surface area (TPSA) is 26.0 Å². The summed E-state index contributed by atoms with van der Waals surface area (Å²) in [6, 6.07) is 2.68. The van der Waals surface area contributed by atoms with Gasteiger partial charge in [-0.3, -0.25) is 0 Å². The molecule has 0 aliphatic heterocycles. The molecule has 0 radical (unpaired) electrons. The van der Waals surface area contributed by atoms with Crippen LogP contribution in [0.1, 0.15) is 52.1 Å². The van der Waals surface area contributed by atoms with Crippen LogP contribution in [0.3, 0.4) is 0 Å². The average molecular weight is 351 g/mol. The highest BCUT2D eigenvalue weighted by atomic mass is 79.9. The first-order valence-electron chi connectivity index (χ1n) is 6.50. The third kappa shape index (κ3) is 5.41. The van der Waals surface area contributed by atoms with Gasteiger partial charge in [0.15, 0.2) is 0 Å². The van der Waals surface area contributed by atoms with Crippen molar-refractivity contribution in [3.05, 3.63) is 33.0 Å². The molecule has 0 fully saturated rings. The first kappa shape index (κ1) is 16.9. The molecule has 0 bridgehead atoms. The summed E-state index contributed by atoms with van der Waals surface area (Å²) < 4.78 is 14.5. The smallest absolute Gasteiger partial charge is 0.129 e. The van der Waals surface area contributed by atoms with E-state index >= 15 is 0 Å². The van der Waals surface area contributed by atoms with Crippen LogP contribution in [-0.4, -0.2) is 0 Å². The van der Waals surface area contributed by atoms with Crippen LogP contribution in [0.2, 0.25) is 5.02 Å². The van der Waals surface area contributed by atoms with Gasteiger partial charge in [0.25, 0.3) is 0 Å². The molecule has 0 aliphatic carbocycles. The van der Waals surface area contributed by atoms with Gasteiger partial charge in [0, 0.05) is 16.1 Å². The monoisotopic (exact) mass is 349 g/mol. The van der Waals surface area contributed by atoms with Gasteiger partial charge >= 0.3 is 0 Å². The Balaban J connectivity index is 2.78. The van der Waals surface area contributed by atoms with Gasteiger partial charge in [-0.05, 0) is 52.2 Å². The number of benzene rings is 1. The van der Waals surface area contributed by atoms with E-state index < -0.39 is 0 Å². The van der Waals surface area contributed by atoms with Crippen LogP contribution in [-0.2, 0) is 0 Å². The van der Waals surface area contributed by atoms with Gasteiger partial charge in [-0.25, -0.2) is 4.39 Å². The minimum Gasteiger partial charge on any atom is -0.324 e. The van der Waals surface area contributed by atoms with Crippen molar-refractivity contribution in [1.82, 2.24) is 0 Å². The lowest BCUT2D eigenvalue weighted by Crippen LogP contribution is -2.19. The second-order valence-corrected chi connectivity index (χ2v) is 7.76. The van der Waals surface area contributed by atoms with Gasteiger partial charge in [-0.2, -0.15) is 0 Å². The quantitative estimate of drug-likeness (QED) is 0.692. The molecule has 108 valence electrons. The minimum absolute atomic E-state index is 0.259. The molecule has 1 aromatic carbocycles. The van der Waals surface area contributed by atoms with Crippen molar-refractivity contribution in [3.8, 4) is 0 Å². The van der Waals surface area contributed by atoms with Crippen molar-refractivity contribution in [2.75, 3.05) is 0 Å². The predicted octanol–water partition coefficient (Wildman–Crippen LogP) is 5.70. The Bertz CT molecular complexity index is 443. The lowest BCUT2D eigenvalue weighted by molar-refractivity contribution is 0.285. The average Bonchev–Trinajstić information content (AvgIpc) is 2.20. The summed E-state index contributed by atoms with van der Waals surface area (Å²) >= 11 is 9.21. The maximum absolute atomic E-state index is 13.9. The molecule has 2 atom stereocenters. The maximum Gasteiger partial charge on any atom is 0.129 e. The van der Waals surface area contributed by atoms with Gasteiger partial charge in [0.05, 0.1) is 5.02 Å². The highest BCUT2D eigenvalue weighted by Gasteiger charge is 2.20. The SMILES string of the molecule is CC(CC(N)c1cc(Cl)c(Br)cc1F)CC(C)(C)C. The highest BCUT2D eigenvalue weighted by Crippen LogP contribution is 2.33. The summed E-state index contributed by atoms with van der Waals surface area (Å²) in [4.78, 5) is 0. The maximum atomic E-state index is 13.9. The van der Waals surface area contributed by atoms with Crippen molar-refractivity contribution in [2.24, 2.45) is 17.1 Å². The van der Waals surface area contributed by atoms with Crippen LogP contribution in [0.25, 0.3) is 0 Å². The lowest BCUT2D eigenvalue weighted by atomic mass is 9.82. The zero-order valence-electron chi connectivity index (χ0n) is 11.9. The lowest BCUT2D eigenvalue weighted by Gasteiger charge is -2.25. The van der Waals surface area contributed by atoms with Gasteiger partial charge in [-0.15, -0.1) is 0 Å². The van der Waals surface area contributed by atoms with Crippen LogP contribution >= 0.6 is 27.5 Å². The molecule has 2 unspecified atom stereocenters. The summed E-state index contributed by atoms with van der Waals surface area (Å²) in [6.07, 6.45) is 1.82.